The number of nitrogens with zero attached hydrogens (tertiary/aromatic N) is 1. The van der Waals surface area contributed by atoms with E-state index < -0.39 is 0 Å². The van der Waals surface area contributed by atoms with Crippen molar-refractivity contribution in [1.82, 2.24) is 0 Å². The van der Waals surface area contributed by atoms with Gasteiger partial charge in [-0.05, 0) is 44.2 Å². The molecule has 0 fully saturated rings. The van der Waals surface area contributed by atoms with Gasteiger partial charge in [-0.15, -0.1) is 0 Å². The first-order valence-corrected chi connectivity index (χ1v) is 7.98. The summed E-state index contributed by atoms with van der Waals surface area (Å²) in [6.45, 7) is 4.22. The van der Waals surface area contributed by atoms with Gasteiger partial charge >= 0.3 is 0 Å². The number of halogens is 1. The minimum Gasteiger partial charge on any atom is -0.370 e. The zero-order valence-corrected chi connectivity index (χ0v) is 13.2. The molecule has 18 heavy (non-hydrogen) atoms. The molecule has 0 radical (unpaired) electrons. The summed E-state index contributed by atoms with van der Waals surface area (Å²) < 4.78 is 0. The Balaban J connectivity index is 2.84. The van der Waals surface area contributed by atoms with Crippen LogP contribution >= 0.6 is 23.4 Å². The van der Waals surface area contributed by atoms with Crippen LogP contribution in [0.5, 0.6) is 0 Å². The number of rotatable bonds is 6. The topological polar surface area (TPSA) is 29.3 Å². The Morgan fingerprint density at radius 2 is 2.06 bits per heavy atom. The van der Waals surface area contributed by atoms with Crippen LogP contribution in [0.1, 0.15) is 19.4 Å². The van der Waals surface area contributed by atoms with Gasteiger partial charge in [0, 0.05) is 24.9 Å². The maximum Gasteiger partial charge on any atom is 0.0642 e. The number of hydrogen-bond acceptors (Lipinski definition) is 3. The zero-order valence-electron chi connectivity index (χ0n) is 11.6. The number of benzene rings is 1. The predicted molar refractivity (Wildman–Crippen MR) is 85.1 cm³/mol. The maximum absolute atomic E-state index is 6.36. The van der Waals surface area contributed by atoms with E-state index in [4.69, 9.17) is 17.3 Å². The molecule has 0 saturated heterocycles. The van der Waals surface area contributed by atoms with E-state index in [9.17, 15) is 0 Å². The molecule has 4 heteroatoms. The minimum atomic E-state index is 0.167. The van der Waals surface area contributed by atoms with Crippen molar-refractivity contribution in [3.8, 4) is 0 Å². The lowest BCUT2D eigenvalue weighted by Gasteiger charge is -2.27. The van der Waals surface area contributed by atoms with E-state index in [-0.39, 0.29) is 6.04 Å². The van der Waals surface area contributed by atoms with Gasteiger partial charge in [-0.1, -0.05) is 17.7 Å². The fraction of sp³-hybridized carbons (Fsp3) is 0.571. The summed E-state index contributed by atoms with van der Waals surface area (Å²) in [6, 6.07) is 6.88. The van der Waals surface area contributed by atoms with E-state index >= 15 is 0 Å². The van der Waals surface area contributed by atoms with Crippen molar-refractivity contribution in [1.29, 1.82) is 0 Å². The summed E-state index contributed by atoms with van der Waals surface area (Å²) in [5.74, 6) is 1.09. The molecule has 0 saturated carbocycles. The van der Waals surface area contributed by atoms with Crippen molar-refractivity contribution in [3.63, 3.8) is 0 Å². The average molecular weight is 287 g/mol. The molecular weight excluding hydrogens is 264 g/mol. The van der Waals surface area contributed by atoms with E-state index in [1.807, 2.05) is 24.8 Å². The largest absolute Gasteiger partial charge is 0.370 e. The highest BCUT2D eigenvalue weighted by Crippen LogP contribution is 2.28. The smallest absolute Gasteiger partial charge is 0.0642 e. The minimum absolute atomic E-state index is 0.167. The molecule has 1 aromatic carbocycles. The summed E-state index contributed by atoms with van der Waals surface area (Å²) in [5.41, 5.74) is 8.09. The maximum atomic E-state index is 6.36. The van der Waals surface area contributed by atoms with Crippen molar-refractivity contribution in [3.05, 3.63) is 28.8 Å². The Kier molecular flexibility index (Phi) is 6.33. The van der Waals surface area contributed by atoms with Crippen molar-refractivity contribution >= 4 is 29.1 Å². The normalized spacial score (nSPS) is 14.3. The van der Waals surface area contributed by atoms with E-state index in [2.05, 4.69) is 37.3 Å². The van der Waals surface area contributed by atoms with Gasteiger partial charge in [-0.3, -0.25) is 0 Å². The van der Waals surface area contributed by atoms with Gasteiger partial charge in [0.15, 0.2) is 0 Å². The number of hydrogen-bond donors (Lipinski definition) is 1. The molecule has 0 aromatic heterocycles. The number of anilines is 1. The molecule has 0 bridgehead atoms. The molecule has 0 aliphatic rings. The van der Waals surface area contributed by atoms with Gasteiger partial charge in [0.1, 0.15) is 0 Å². The second kappa shape index (κ2) is 7.27. The van der Waals surface area contributed by atoms with E-state index in [0.29, 0.717) is 6.04 Å². The number of thioether (sulfide) groups is 1. The van der Waals surface area contributed by atoms with Crippen LogP contribution < -0.4 is 10.6 Å². The second-order valence-electron chi connectivity index (χ2n) is 4.88. The molecule has 0 aliphatic carbocycles. The predicted octanol–water partition coefficient (Wildman–Crippen LogP) is 3.42. The third-order valence-electron chi connectivity index (χ3n) is 3.02. The molecule has 0 amide bonds. The van der Waals surface area contributed by atoms with Crippen LogP contribution in [0.2, 0.25) is 5.02 Å². The first kappa shape index (κ1) is 15.7. The second-order valence-corrected chi connectivity index (χ2v) is 6.20. The van der Waals surface area contributed by atoms with Crippen LogP contribution in [0.3, 0.4) is 0 Å². The summed E-state index contributed by atoms with van der Waals surface area (Å²) >= 11 is 8.21. The first-order chi connectivity index (χ1) is 8.45. The molecule has 1 aromatic rings. The molecule has 2 nitrogen and oxygen atoms in total. The Labute approximate surface area is 120 Å². The molecular formula is C14H23ClN2S. The van der Waals surface area contributed by atoms with Crippen LogP contribution in [0.4, 0.5) is 5.69 Å². The SMILES string of the molecule is CSCC(C)N(C)c1ccc(CC(C)N)cc1Cl. The van der Waals surface area contributed by atoms with Gasteiger partial charge in [-0.25, -0.2) is 0 Å². The molecule has 2 atom stereocenters. The van der Waals surface area contributed by atoms with Gasteiger partial charge in [0.25, 0.3) is 0 Å². The lowest BCUT2D eigenvalue weighted by molar-refractivity contribution is 0.736. The monoisotopic (exact) mass is 286 g/mol. The lowest BCUT2D eigenvalue weighted by atomic mass is 10.1. The Bertz CT molecular complexity index is 382. The summed E-state index contributed by atoms with van der Waals surface area (Å²) in [5, 5.41) is 0.809. The van der Waals surface area contributed by atoms with Crippen molar-refractivity contribution in [2.45, 2.75) is 32.4 Å². The van der Waals surface area contributed by atoms with Crippen molar-refractivity contribution in [2.24, 2.45) is 5.73 Å². The van der Waals surface area contributed by atoms with Crippen LogP contribution in [-0.2, 0) is 6.42 Å². The highest BCUT2D eigenvalue weighted by Gasteiger charge is 2.13. The van der Waals surface area contributed by atoms with Gasteiger partial charge in [-0.2, -0.15) is 11.8 Å². The van der Waals surface area contributed by atoms with Gasteiger partial charge in [0.05, 0.1) is 10.7 Å². The Hall–Kier alpha value is -0.380. The van der Waals surface area contributed by atoms with E-state index in [1.54, 1.807) is 0 Å². The standard InChI is InChI=1S/C14H23ClN2S/c1-10(16)7-12-5-6-14(13(15)8-12)17(3)11(2)9-18-4/h5-6,8,10-11H,7,9,16H2,1-4H3. The molecule has 0 heterocycles. The van der Waals surface area contributed by atoms with Crippen molar-refractivity contribution < 1.29 is 0 Å². The van der Waals surface area contributed by atoms with Crippen molar-refractivity contribution in [2.75, 3.05) is 24.0 Å². The van der Waals surface area contributed by atoms with Gasteiger partial charge in [0.2, 0.25) is 0 Å². The van der Waals surface area contributed by atoms with Crippen LogP contribution in [-0.4, -0.2) is 31.1 Å². The molecule has 2 unspecified atom stereocenters. The molecule has 1 rings (SSSR count). The molecule has 0 spiro atoms. The summed E-state index contributed by atoms with van der Waals surface area (Å²) in [6.07, 6.45) is 2.99. The highest BCUT2D eigenvalue weighted by molar-refractivity contribution is 7.98. The molecule has 102 valence electrons. The van der Waals surface area contributed by atoms with Gasteiger partial charge < -0.3 is 10.6 Å². The third-order valence-corrected chi connectivity index (χ3v) is 4.14. The quantitative estimate of drug-likeness (QED) is 0.869. The molecule has 0 aliphatic heterocycles. The highest BCUT2D eigenvalue weighted by atomic mass is 35.5. The fourth-order valence-electron chi connectivity index (χ4n) is 1.93. The lowest BCUT2D eigenvalue weighted by Crippen LogP contribution is -2.31. The van der Waals surface area contributed by atoms with Crippen LogP contribution in [0.15, 0.2) is 18.2 Å². The number of nitrogens with two attached hydrogens (primary N) is 1. The van der Waals surface area contributed by atoms with E-state index in [0.717, 1.165) is 22.9 Å². The van der Waals surface area contributed by atoms with E-state index in [1.165, 1.54) is 5.56 Å². The zero-order chi connectivity index (χ0) is 13.7. The fourth-order valence-corrected chi connectivity index (χ4v) is 2.97. The Morgan fingerprint density at radius 1 is 1.39 bits per heavy atom. The molecule has 2 N–H and O–H groups in total. The van der Waals surface area contributed by atoms with Crippen LogP contribution in [0, 0.1) is 0 Å². The summed E-state index contributed by atoms with van der Waals surface area (Å²) in [7, 11) is 2.09. The first-order valence-electron chi connectivity index (χ1n) is 6.21. The Morgan fingerprint density at radius 3 is 2.56 bits per heavy atom. The van der Waals surface area contributed by atoms with Crippen LogP contribution in [0.25, 0.3) is 0 Å². The average Bonchev–Trinajstić information content (AvgIpc) is 2.28. The third kappa shape index (κ3) is 4.38. The summed E-state index contributed by atoms with van der Waals surface area (Å²) in [4.78, 5) is 2.23.